The van der Waals surface area contributed by atoms with Gasteiger partial charge in [-0.15, -0.1) is 0 Å². The molecule has 0 atom stereocenters. The van der Waals surface area contributed by atoms with Crippen molar-refractivity contribution in [2.45, 2.75) is 32.9 Å². The number of nitrogens with zero attached hydrogens (tertiary/aromatic N) is 3. The van der Waals surface area contributed by atoms with Crippen LogP contribution in [0.5, 0.6) is 0 Å². The fraction of sp³-hybridized carbons (Fsp3) is 0.227. The Kier molecular flexibility index (Phi) is 5.38. The number of imide groups is 1. The highest BCUT2D eigenvalue weighted by molar-refractivity contribution is 6.21. The lowest BCUT2D eigenvalue weighted by molar-refractivity contribution is 0.0429. The fourth-order valence-electron chi connectivity index (χ4n) is 3.20. The molecule has 0 unspecified atom stereocenters. The molecule has 1 aliphatic heterocycles. The van der Waals surface area contributed by atoms with E-state index in [0.29, 0.717) is 28.9 Å². The third kappa shape index (κ3) is 3.84. The van der Waals surface area contributed by atoms with Gasteiger partial charge in [-0.2, -0.15) is 4.98 Å². The molecule has 0 bridgehead atoms. The summed E-state index contributed by atoms with van der Waals surface area (Å²) in [6.07, 6.45) is 1.60. The molecule has 8 nitrogen and oxygen atoms in total. The van der Waals surface area contributed by atoms with Gasteiger partial charge in [-0.25, -0.2) is 4.79 Å². The molecule has 0 saturated carbocycles. The average molecular weight is 405 g/mol. The van der Waals surface area contributed by atoms with Crippen molar-refractivity contribution in [3.05, 3.63) is 82.5 Å². The number of benzene rings is 2. The first-order valence-corrected chi connectivity index (χ1v) is 9.59. The predicted octanol–water partition coefficient (Wildman–Crippen LogP) is 3.18. The Labute approximate surface area is 172 Å². The standard InChI is InChI=1S/C22H19N3O5/c1-2-5-18-23-19(30-24-18)13-29-22(28)15-10-8-14(9-11-15)12-25-20(26)16-6-3-4-7-17(16)21(25)27/h3-4,6-11H,2,5,12-13H2,1H3. The van der Waals surface area contributed by atoms with E-state index in [9.17, 15) is 14.4 Å². The number of carbonyl (C=O) groups is 3. The SMILES string of the molecule is CCCc1noc(COC(=O)c2ccc(CN3C(=O)c4ccccc4C3=O)cc2)n1. The first-order chi connectivity index (χ1) is 14.6. The molecule has 0 N–H and O–H groups in total. The lowest BCUT2D eigenvalue weighted by Crippen LogP contribution is -2.29. The lowest BCUT2D eigenvalue weighted by Gasteiger charge is -2.14. The first-order valence-electron chi connectivity index (χ1n) is 9.59. The molecule has 0 saturated heterocycles. The van der Waals surface area contributed by atoms with Crippen molar-refractivity contribution in [3.8, 4) is 0 Å². The molecule has 0 fully saturated rings. The van der Waals surface area contributed by atoms with E-state index in [2.05, 4.69) is 10.1 Å². The van der Waals surface area contributed by atoms with Crippen molar-refractivity contribution in [1.29, 1.82) is 0 Å². The molecule has 2 aromatic carbocycles. The Bertz CT molecular complexity index is 1070. The third-order valence-electron chi connectivity index (χ3n) is 4.72. The number of fused-ring (bicyclic) bond motifs is 1. The number of aryl methyl sites for hydroxylation is 1. The lowest BCUT2D eigenvalue weighted by atomic mass is 10.1. The number of hydrogen-bond acceptors (Lipinski definition) is 7. The van der Waals surface area contributed by atoms with Gasteiger partial charge in [-0.05, 0) is 36.2 Å². The second-order valence-corrected chi connectivity index (χ2v) is 6.87. The topological polar surface area (TPSA) is 103 Å². The molecule has 30 heavy (non-hydrogen) atoms. The summed E-state index contributed by atoms with van der Waals surface area (Å²) in [6.45, 7) is 2.03. The monoisotopic (exact) mass is 405 g/mol. The highest BCUT2D eigenvalue weighted by Gasteiger charge is 2.34. The van der Waals surface area contributed by atoms with Gasteiger partial charge in [-0.1, -0.05) is 36.3 Å². The van der Waals surface area contributed by atoms with Gasteiger partial charge in [-0.3, -0.25) is 14.5 Å². The maximum absolute atomic E-state index is 12.5. The number of rotatable bonds is 7. The van der Waals surface area contributed by atoms with Gasteiger partial charge < -0.3 is 9.26 Å². The molecule has 0 radical (unpaired) electrons. The van der Waals surface area contributed by atoms with Gasteiger partial charge in [0.25, 0.3) is 17.7 Å². The quantitative estimate of drug-likeness (QED) is 0.439. The van der Waals surface area contributed by atoms with Crippen LogP contribution in [0.15, 0.2) is 53.1 Å². The summed E-state index contributed by atoms with van der Waals surface area (Å²) < 4.78 is 10.2. The van der Waals surface area contributed by atoms with Crippen LogP contribution in [0.2, 0.25) is 0 Å². The zero-order valence-electron chi connectivity index (χ0n) is 16.3. The van der Waals surface area contributed by atoms with Gasteiger partial charge >= 0.3 is 5.97 Å². The highest BCUT2D eigenvalue weighted by Crippen LogP contribution is 2.24. The Hall–Kier alpha value is -3.81. The number of amides is 2. The van der Waals surface area contributed by atoms with Gasteiger partial charge in [0.05, 0.1) is 23.2 Å². The van der Waals surface area contributed by atoms with Crippen LogP contribution in [0.3, 0.4) is 0 Å². The summed E-state index contributed by atoms with van der Waals surface area (Å²) in [5, 5.41) is 3.81. The summed E-state index contributed by atoms with van der Waals surface area (Å²) in [5.74, 6) is -0.338. The second kappa shape index (κ2) is 8.28. The van der Waals surface area contributed by atoms with Gasteiger partial charge in [0.1, 0.15) is 0 Å². The van der Waals surface area contributed by atoms with Crippen LogP contribution in [0.1, 0.15) is 61.7 Å². The summed E-state index contributed by atoms with van der Waals surface area (Å²) >= 11 is 0. The Morgan fingerprint density at radius 2 is 1.70 bits per heavy atom. The van der Waals surface area contributed by atoms with Crippen LogP contribution in [-0.4, -0.2) is 32.8 Å². The number of aromatic nitrogens is 2. The van der Waals surface area contributed by atoms with Gasteiger partial charge in [0.15, 0.2) is 12.4 Å². The number of ether oxygens (including phenoxy) is 1. The normalized spacial score (nSPS) is 12.9. The van der Waals surface area contributed by atoms with Crippen LogP contribution in [0.25, 0.3) is 0 Å². The number of carbonyl (C=O) groups excluding carboxylic acids is 3. The van der Waals surface area contributed by atoms with E-state index in [1.165, 1.54) is 4.90 Å². The minimum atomic E-state index is -0.530. The van der Waals surface area contributed by atoms with Crippen LogP contribution < -0.4 is 0 Å². The molecule has 1 aromatic heterocycles. The molecular formula is C22H19N3O5. The van der Waals surface area contributed by atoms with E-state index in [1.54, 1.807) is 48.5 Å². The van der Waals surface area contributed by atoms with Crippen LogP contribution in [-0.2, 0) is 24.3 Å². The molecule has 0 spiro atoms. The van der Waals surface area contributed by atoms with E-state index < -0.39 is 5.97 Å². The van der Waals surface area contributed by atoms with Crippen molar-refractivity contribution >= 4 is 17.8 Å². The summed E-state index contributed by atoms with van der Waals surface area (Å²) in [6, 6.07) is 13.3. The zero-order chi connectivity index (χ0) is 21.1. The summed E-state index contributed by atoms with van der Waals surface area (Å²) in [5.41, 5.74) is 1.88. The van der Waals surface area contributed by atoms with Gasteiger partial charge in [0, 0.05) is 6.42 Å². The smallest absolute Gasteiger partial charge is 0.338 e. The van der Waals surface area contributed by atoms with E-state index in [0.717, 1.165) is 12.0 Å². The minimum Gasteiger partial charge on any atom is -0.452 e. The maximum Gasteiger partial charge on any atom is 0.338 e. The Morgan fingerprint density at radius 3 is 2.33 bits per heavy atom. The van der Waals surface area contributed by atoms with E-state index in [4.69, 9.17) is 9.26 Å². The molecule has 3 aromatic rings. The number of esters is 1. The zero-order valence-corrected chi connectivity index (χ0v) is 16.3. The fourth-order valence-corrected chi connectivity index (χ4v) is 3.20. The second-order valence-electron chi connectivity index (χ2n) is 6.87. The Balaban J connectivity index is 1.36. The minimum absolute atomic E-state index is 0.105. The maximum atomic E-state index is 12.5. The predicted molar refractivity (Wildman–Crippen MR) is 105 cm³/mol. The highest BCUT2D eigenvalue weighted by atomic mass is 16.6. The number of hydrogen-bond donors (Lipinski definition) is 0. The van der Waals surface area contributed by atoms with E-state index in [1.807, 2.05) is 6.92 Å². The van der Waals surface area contributed by atoms with Crippen molar-refractivity contribution in [1.82, 2.24) is 15.0 Å². The average Bonchev–Trinajstić information content (AvgIpc) is 3.31. The molecule has 152 valence electrons. The molecule has 2 heterocycles. The summed E-state index contributed by atoms with van der Waals surface area (Å²) in [7, 11) is 0. The molecular weight excluding hydrogens is 386 g/mol. The van der Waals surface area contributed by atoms with Gasteiger partial charge in [0.2, 0.25) is 0 Å². The third-order valence-corrected chi connectivity index (χ3v) is 4.72. The van der Waals surface area contributed by atoms with Crippen LogP contribution in [0, 0.1) is 0 Å². The molecule has 8 heteroatoms. The Morgan fingerprint density at radius 1 is 1.03 bits per heavy atom. The molecule has 0 aliphatic carbocycles. The van der Waals surface area contributed by atoms with Crippen molar-refractivity contribution in [3.63, 3.8) is 0 Å². The molecule has 2 amide bonds. The summed E-state index contributed by atoms with van der Waals surface area (Å²) in [4.78, 5) is 42.5. The van der Waals surface area contributed by atoms with E-state index in [-0.39, 0.29) is 30.9 Å². The van der Waals surface area contributed by atoms with E-state index >= 15 is 0 Å². The first kappa shape index (κ1) is 19.5. The largest absolute Gasteiger partial charge is 0.452 e. The van der Waals surface area contributed by atoms with Crippen molar-refractivity contribution in [2.24, 2.45) is 0 Å². The van der Waals surface area contributed by atoms with Crippen molar-refractivity contribution < 1.29 is 23.6 Å². The molecule has 4 rings (SSSR count). The van der Waals surface area contributed by atoms with Crippen molar-refractivity contribution in [2.75, 3.05) is 0 Å². The molecule has 1 aliphatic rings. The van der Waals surface area contributed by atoms with Crippen LogP contribution in [0.4, 0.5) is 0 Å². The van der Waals surface area contributed by atoms with Crippen LogP contribution >= 0.6 is 0 Å².